The molecular weight excluding hydrogens is 156 g/mol. The largest absolute Gasteiger partial charge is 0.313 e. The molecule has 0 bridgehead atoms. The van der Waals surface area contributed by atoms with Crippen LogP contribution in [0, 0.1) is 0 Å². The number of hydroxylamine groups is 1. The van der Waals surface area contributed by atoms with Crippen LogP contribution >= 0.6 is 0 Å². The highest BCUT2D eigenvalue weighted by atomic mass is 16.6. The predicted octanol–water partition coefficient (Wildman–Crippen LogP) is 0.196. The number of rotatable bonds is 6. The Morgan fingerprint density at radius 2 is 2.33 bits per heavy atom. The van der Waals surface area contributed by atoms with E-state index in [1.54, 1.807) is 0 Å². The molecule has 4 nitrogen and oxygen atoms in total. The summed E-state index contributed by atoms with van der Waals surface area (Å²) in [4.78, 5) is 15.7. The second-order valence-electron chi connectivity index (χ2n) is 2.94. The molecule has 0 radical (unpaired) electrons. The summed E-state index contributed by atoms with van der Waals surface area (Å²) in [7, 11) is 0. The van der Waals surface area contributed by atoms with Crippen LogP contribution in [0.3, 0.4) is 0 Å². The zero-order valence-electron chi connectivity index (χ0n) is 7.43. The zero-order chi connectivity index (χ0) is 8.81. The molecular formula is C8H16N2O2. The lowest BCUT2D eigenvalue weighted by Gasteiger charge is -2.03. The lowest BCUT2D eigenvalue weighted by molar-refractivity contribution is -0.133. The third-order valence-corrected chi connectivity index (χ3v) is 1.69. The molecule has 1 aliphatic carbocycles. The Bertz CT molecular complexity index is 146. The van der Waals surface area contributed by atoms with Crippen LogP contribution in [-0.2, 0) is 9.63 Å². The molecule has 0 aliphatic heterocycles. The molecule has 0 saturated heterocycles. The Labute approximate surface area is 72.6 Å². The van der Waals surface area contributed by atoms with Gasteiger partial charge in [0.15, 0.2) is 0 Å². The molecule has 0 unspecified atom stereocenters. The van der Waals surface area contributed by atoms with E-state index < -0.39 is 0 Å². The number of carbonyl (C=O) groups is 1. The molecule has 1 amide bonds. The van der Waals surface area contributed by atoms with E-state index in [0.717, 1.165) is 6.54 Å². The fourth-order valence-electron chi connectivity index (χ4n) is 0.881. The Morgan fingerprint density at radius 3 is 2.92 bits per heavy atom. The maximum atomic E-state index is 10.9. The minimum atomic E-state index is -0.0509. The summed E-state index contributed by atoms with van der Waals surface area (Å²) in [5.41, 5.74) is 2.35. The first kappa shape index (κ1) is 9.48. The summed E-state index contributed by atoms with van der Waals surface area (Å²) in [6, 6.07) is 0.671. The average Bonchev–Trinajstić information content (AvgIpc) is 2.84. The molecule has 0 aromatic rings. The Kier molecular flexibility index (Phi) is 4.04. The van der Waals surface area contributed by atoms with Gasteiger partial charge in [-0.1, -0.05) is 0 Å². The van der Waals surface area contributed by atoms with Gasteiger partial charge in [0.1, 0.15) is 0 Å². The third kappa shape index (κ3) is 4.31. The van der Waals surface area contributed by atoms with Gasteiger partial charge in [-0.15, -0.1) is 0 Å². The van der Waals surface area contributed by atoms with E-state index >= 15 is 0 Å². The van der Waals surface area contributed by atoms with Gasteiger partial charge in [0.2, 0.25) is 5.91 Å². The topological polar surface area (TPSA) is 50.4 Å². The lowest BCUT2D eigenvalue weighted by Crippen LogP contribution is -2.28. The minimum Gasteiger partial charge on any atom is -0.313 e. The fourth-order valence-corrected chi connectivity index (χ4v) is 0.881. The highest BCUT2D eigenvalue weighted by Crippen LogP contribution is 2.18. The van der Waals surface area contributed by atoms with Gasteiger partial charge >= 0.3 is 0 Å². The highest BCUT2D eigenvalue weighted by molar-refractivity contribution is 5.74. The number of carbonyl (C=O) groups excluding carboxylic acids is 1. The van der Waals surface area contributed by atoms with Gasteiger partial charge in [-0.3, -0.25) is 9.63 Å². The van der Waals surface area contributed by atoms with Gasteiger partial charge < -0.3 is 5.32 Å². The molecule has 0 aromatic heterocycles. The molecule has 1 fully saturated rings. The van der Waals surface area contributed by atoms with Crippen molar-refractivity contribution in [3.05, 3.63) is 0 Å². The van der Waals surface area contributed by atoms with Crippen LogP contribution in [0.5, 0.6) is 0 Å². The normalized spacial score (nSPS) is 16.1. The van der Waals surface area contributed by atoms with Crippen LogP contribution in [0.4, 0.5) is 0 Å². The fraction of sp³-hybridized carbons (Fsp3) is 0.875. The van der Waals surface area contributed by atoms with Crippen molar-refractivity contribution in [2.24, 2.45) is 0 Å². The minimum absolute atomic E-state index is 0.0509. The van der Waals surface area contributed by atoms with Crippen molar-refractivity contribution in [1.29, 1.82) is 0 Å². The lowest BCUT2D eigenvalue weighted by atomic mass is 10.4. The first-order valence-corrected chi connectivity index (χ1v) is 4.47. The van der Waals surface area contributed by atoms with Crippen LogP contribution in [0.1, 0.15) is 26.2 Å². The summed E-state index contributed by atoms with van der Waals surface area (Å²) in [6.07, 6.45) is 3.01. The van der Waals surface area contributed by atoms with Gasteiger partial charge in [0, 0.05) is 19.0 Å². The van der Waals surface area contributed by atoms with Crippen molar-refractivity contribution in [3.8, 4) is 0 Å². The van der Waals surface area contributed by atoms with E-state index in [0.29, 0.717) is 19.1 Å². The van der Waals surface area contributed by atoms with Gasteiger partial charge in [-0.2, -0.15) is 0 Å². The van der Waals surface area contributed by atoms with Gasteiger partial charge in [0.25, 0.3) is 0 Å². The molecule has 2 N–H and O–H groups in total. The van der Waals surface area contributed by atoms with Crippen molar-refractivity contribution in [2.75, 3.05) is 13.2 Å². The monoisotopic (exact) mass is 172 g/mol. The first-order chi connectivity index (χ1) is 5.83. The molecule has 4 heteroatoms. The van der Waals surface area contributed by atoms with Crippen LogP contribution in [-0.4, -0.2) is 25.1 Å². The smallest absolute Gasteiger partial charge is 0.244 e. The van der Waals surface area contributed by atoms with E-state index in [4.69, 9.17) is 4.84 Å². The van der Waals surface area contributed by atoms with Gasteiger partial charge in [-0.05, 0) is 19.8 Å². The van der Waals surface area contributed by atoms with Crippen LogP contribution < -0.4 is 10.8 Å². The molecule has 0 heterocycles. The van der Waals surface area contributed by atoms with Crippen molar-refractivity contribution >= 4 is 5.91 Å². The molecule has 1 saturated carbocycles. The molecule has 0 aromatic carbocycles. The van der Waals surface area contributed by atoms with E-state index in [2.05, 4.69) is 10.8 Å². The van der Waals surface area contributed by atoms with Crippen molar-refractivity contribution in [1.82, 2.24) is 10.8 Å². The predicted molar refractivity (Wildman–Crippen MR) is 45.4 cm³/mol. The van der Waals surface area contributed by atoms with Crippen molar-refractivity contribution < 1.29 is 9.63 Å². The standard InChI is InChI=1S/C8H16N2O2/c1-2-12-10-8(11)5-6-9-7-3-4-7/h7,9H,2-6H2,1H3,(H,10,11). The quantitative estimate of drug-likeness (QED) is 0.562. The number of hydrogen-bond acceptors (Lipinski definition) is 3. The molecule has 70 valence electrons. The van der Waals surface area contributed by atoms with E-state index in [-0.39, 0.29) is 5.91 Å². The number of nitrogens with one attached hydrogen (secondary N) is 2. The molecule has 0 spiro atoms. The summed E-state index contributed by atoms with van der Waals surface area (Å²) in [6.45, 7) is 3.11. The molecule has 1 rings (SSSR count). The number of hydrogen-bond donors (Lipinski definition) is 2. The van der Waals surface area contributed by atoms with E-state index in [1.807, 2.05) is 6.92 Å². The zero-order valence-corrected chi connectivity index (χ0v) is 7.43. The van der Waals surface area contributed by atoms with E-state index in [1.165, 1.54) is 12.8 Å². The average molecular weight is 172 g/mol. The summed E-state index contributed by atoms with van der Waals surface area (Å²) < 4.78 is 0. The summed E-state index contributed by atoms with van der Waals surface area (Å²) in [5, 5.41) is 3.25. The second-order valence-corrected chi connectivity index (χ2v) is 2.94. The molecule has 12 heavy (non-hydrogen) atoms. The van der Waals surface area contributed by atoms with Crippen LogP contribution in [0.2, 0.25) is 0 Å². The SMILES string of the molecule is CCONC(=O)CCNC1CC1. The maximum Gasteiger partial charge on any atom is 0.244 e. The summed E-state index contributed by atoms with van der Waals surface area (Å²) in [5.74, 6) is -0.0509. The molecule has 0 atom stereocenters. The Hall–Kier alpha value is -0.610. The Balaban J connectivity index is 1.86. The van der Waals surface area contributed by atoms with Gasteiger partial charge in [0.05, 0.1) is 6.61 Å². The number of amides is 1. The first-order valence-electron chi connectivity index (χ1n) is 4.47. The van der Waals surface area contributed by atoms with Crippen molar-refractivity contribution in [2.45, 2.75) is 32.2 Å². The van der Waals surface area contributed by atoms with E-state index in [9.17, 15) is 4.79 Å². The highest BCUT2D eigenvalue weighted by Gasteiger charge is 2.19. The van der Waals surface area contributed by atoms with Crippen LogP contribution in [0.25, 0.3) is 0 Å². The maximum absolute atomic E-state index is 10.9. The van der Waals surface area contributed by atoms with Gasteiger partial charge in [-0.25, -0.2) is 5.48 Å². The third-order valence-electron chi connectivity index (χ3n) is 1.69. The van der Waals surface area contributed by atoms with Crippen LogP contribution in [0.15, 0.2) is 0 Å². The van der Waals surface area contributed by atoms with Crippen molar-refractivity contribution in [3.63, 3.8) is 0 Å². The molecule has 1 aliphatic rings. The second kappa shape index (κ2) is 5.11. The Morgan fingerprint density at radius 1 is 1.58 bits per heavy atom. The summed E-state index contributed by atoms with van der Waals surface area (Å²) >= 11 is 0.